The van der Waals surface area contributed by atoms with Crippen LogP contribution in [-0.2, 0) is 0 Å². The van der Waals surface area contributed by atoms with Crippen molar-refractivity contribution >= 4 is 11.8 Å². The minimum absolute atomic E-state index is 0.0867. The van der Waals surface area contributed by atoms with Crippen molar-refractivity contribution < 1.29 is 5.11 Å². The number of nitrogens with one attached hydrogen (secondary N) is 1. The van der Waals surface area contributed by atoms with E-state index >= 15 is 0 Å². The van der Waals surface area contributed by atoms with Crippen molar-refractivity contribution in [1.82, 2.24) is 5.32 Å². The number of rotatable bonds is 3. The average Bonchev–Trinajstić information content (AvgIpc) is 2.25. The van der Waals surface area contributed by atoms with Gasteiger partial charge in [0.2, 0.25) is 0 Å². The summed E-state index contributed by atoms with van der Waals surface area (Å²) < 4.78 is 0. The molecule has 2 fully saturated rings. The lowest BCUT2D eigenvalue weighted by molar-refractivity contribution is -0.0733. The fraction of sp³-hybridized carbons (Fsp3) is 1.00. The Labute approximate surface area is 97.2 Å². The van der Waals surface area contributed by atoms with Gasteiger partial charge >= 0.3 is 0 Å². The lowest BCUT2D eigenvalue weighted by Crippen LogP contribution is -2.60. The van der Waals surface area contributed by atoms with E-state index in [9.17, 15) is 5.11 Å². The monoisotopic (exact) mass is 229 g/mol. The van der Waals surface area contributed by atoms with Gasteiger partial charge in [0.25, 0.3) is 0 Å². The van der Waals surface area contributed by atoms with Crippen LogP contribution in [0.3, 0.4) is 0 Å². The van der Waals surface area contributed by atoms with Crippen LogP contribution in [0.5, 0.6) is 0 Å². The van der Waals surface area contributed by atoms with E-state index in [4.69, 9.17) is 0 Å². The van der Waals surface area contributed by atoms with Crippen molar-refractivity contribution in [3.63, 3.8) is 0 Å². The molecule has 1 heterocycles. The minimum Gasteiger partial charge on any atom is -0.392 e. The number of aliphatic hydroxyl groups excluding tert-OH is 1. The maximum Gasteiger partial charge on any atom is 0.0621 e. The van der Waals surface area contributed by atoms with Gasteiger partial charge in [-0.1, -0.05) is 13.8 Å². The molecule has 2 aliphatic rings. The van der Waals surface area contributed by atoms with Gasteiger partial charge in [0.15, 0.2) is 0 Å². The predicted molar refractivity (Wildman–Crippen MR) is 66.2 cm³/mol. The van der Waals surface area contributed by atoms with E-state index in [1.165, 1.54) is 24.3 Å². The van der Waals surface area contributed by atoms with E-state index < -0.39 is 0 Å². The zero-order chi connectivity index (χ0) is 10.9. The van der Waals surface area contributed by atoms with Crippen molar-refractivity contribution in [3.8, 4) is 0 Å². The van der Waals surface area contributed by atoms with E-state index in [-0.39, 0.29) is 11.5 Å². The summed E-state index contributed by atoms with van der Waals surface area (Å²) in [7, 11) is 0. The molecular weight excluding hydrogens is 206 g/mol. The SMILES string of the molecule is CC1(C)C(O)CC1NCC1CCSCC1. The standard InChI is InChI=1S/C12H23NOS/c1-12(2)10(7-11(12)14)13-8-9-3-5-15-6-4-9/h9-11,13-14H,3-8H2,1-2H3. The molecule has 0 aromatic heterocycles. The van der Waals surface area contributed by atoms with Crippen LogP contribution in [0.15, 0.2) is 0 Å². The number of aliphatic hydroxyl groups is 1. The highest BCUT2D eigenvalue weighted by Crippen LogP contribution is 2.40. The molecule has 88 valence electrons. The molecule has 1 saturated carbocycles. The van der Waals surface area contributed by atoms with E-state index in [1.807, 2.05) is 0 Å². The highest BCUT2D eigenvalue weighted by molar-refractivity contribution is 7.99. The van der Waals surface area contributed by atoms with Gasteiger partial charge in [-0.15, -0.1) is 0 Å². The minimum atomic E-state index is -0.100. The molecule has 0 bridgehead atoms. The first-order chi connectivity index (χ1) is 7.10. The summed E-state index contributed by atoms with van der Waals surface area (Å²) in [6, 6.07) is 0.530. The van der Waals surface area contributed by atoms with Gasteiger partial charge in [-0.25, -0.2) is 0 Å². The summed E-state index contributed by atoms with van der Waals surface area (Å²) in [4.78, 5) is 0. The average molecular weight is 229 g/mol. The van der Waals surface area contributed by atoms with Gasteiger partial charge in [0.1, 0.15) is 0 Å². The number of thioether (sulfide) groups is 1. The normalized spacial score (nSPS) is 36.2. The first kappa shape index (κ1) is 11.7. The predicted octanol–water partition coefficient (Wildman–Crippen LogP) is 1.88. The van der Waals surface area contributed by atoms with Crippen LogP contribution >= 0.6 is 11.8 Å². The zero-order valence-electron chi connectivity index (χ0n) is 9.83. The number of hydrogen-bond donors (Lipinski definition) is 2. The van der Waals surface area contributed by atoms with Gasteiger partial charge in [-0.05, 0) is 43.2 Å². The molecule has 1 aliphatic heterocycles. The molecule has 2 rings (SSSR count). The Morgan fingerprint density at radius 1 is 1.33 bits per heavy atom. The van der Waals surface area contributed by atoms with Gasteiger partial charge in [-0.2, -0.15) is 11.8 Å². The van der Waals surface area contributed by atoms with Crippen molar-refractivity contribution in [1.29, 1.82) is 0 Å². The largest absolute Gasteiger partial charge is 0.392 e. The molecule has 0 radical (unpaired) electrons. The van der Waals surface area contributed by atoms with Crippen LogP contribution in [0.25, 0.3) is 0 Å². The Morgan fingerprint density at radius 3 is 2.53 bits per heavy atom. The van der Waals surface area contributed by atoms with Crippen LogP contribution in [0.2, 0.25) is 0 Å². The Bertz CT molecular complexity index is 214. The van der Waals surface area contributed by atoms with Crippen LogP contribution in [0, 0.1) is 11.3 Å². The van der Waals surface area contributed by atoms with Crippen molar-refractivity contribution in [2.75, 3.05) is 18.1 Å². The summed E-state index contributed by atoms with van der Waals surface area (Å²) >= 11 is 2.09. The Hall–Kier alpha value is 0.270. The van der Waals surface area contributed by atoms with Crippen LogP contribution < -0.4 is 5.32 Å². The molecule has 1 aliphatic carbocycles. The lowest BCUT2D eigenvalue weighted by atomic mass is 9.64. The van der Waals surface area contributed by atoms with Gasteiger partial charge in [-0.3, -0.25) is 0 Å². The molecule has 0 aromatic rings. The molecule has 2 atom stereocenters. The fourth-order valence-electron chi connectivity index (χ4n) is 2.51. The summed E-state index contributed by atoms with van der Waals surface area (Å²) in [6.07, 6.45) is 3.58. The van der Waals surface area contributed by atoms with Gasteiger partial charge in [0, 0.05) is 11.5 Å². The van der Waals surface area contributed by atoms with Crippen LogP contribution in [-0.4, -0.2) is 35.3 Å². The summed E-state index contributed by atoms with van der Waals surface area (Å²) in [5.74, 6) is 3.55. The number of hydrogen-bond acceptors (Lipinski definition) is 3. The molecule has 2 unspecified atom stereocenters. The van der Waals surface area contributed by atoms with Gasteiger partial charge in [0.05, 0.1) is 6.10 Å². The molecule has 15 heavy (non-hydrogen) atoms. The molecule has 2 N–H and O–H groups in total. The first-order valence-corrected chi connectivity index (χ1v) is 7.25. The van der Waals surface area contributed by atoms with Crippen molar-refractivity contribution in [2.45, 2.75) is 45.3 Å². The maximum atomic E-state index is 9.64. The van der Waals surface area contributed by atoms with E-state index in [0.29, 0.717) is 6.04 Å². The Kier molecular flexibility index (Phi) is 3.63. The van der Waals surface area contributed by atoms with Crippen LogP contribution in [0.1, 0.15) is 33.1 Å². The maximum absolute atomic E-state index is 9.64. The quantitative estimate of drug-likeness (QED) is 0.775. The summed E-state index contributed by atoms with van der Waals surface area (Å²) in [5.41, 5.74) is 0.0867. The zero-order valence-corrected chi connectivity index (χ0v) is 10.6. The first-order valence-electron chi connectivity index (χ1n) is 6.10. The third-order valence-corrected chi connectivity index (χ3v) is 5.26. The second kappa shape index (κ2) is 4.64. The molecule has 0 aromatic carbocycles. The van der Waals surface area contributed by atoms with Crippen LogP contribution in [0.4, 0.5) is 0 Å². The molecule has 1 saturated heterocycles. The topological polar surface area (TPSA) is 32.3 Å². The Morgan fingerprint density at radius 2 is 2.00 bits per heavy atom. The smallest absolute Gasteiger partial charge is 0.0621 e. The highest BCUT2D eigenvalue weighted by atomic mass is 32.2. The van der Waals surface area contributed by atoms with E-state index in [2.05, 4.69) is 30.9 Å². The highest BCUT2D eigenvalue weighted by Gasteiger charge is 2.46. The summed E-state index contributed by atoms with van der Waals surface area (Å²) in [6.45, 7) is 5.48. The van der Waals surface area contributed by atoms with E-state index in [1.54, 1.807) is 0 Å². The third-order valence-electron chi connectivity index (χ3n) is 4.21. The second-order valence-electron chi connectivity index (χ2n) is 5.59. The molecule has 0 amide bonds. The summed E-state index contributed by atoms with van der Waals surface area (Å²) in [5, 5.41) is 13.3. The van der Waals surface area contributed by atoms with Crippen molar-refractivity contribution in [2.24, 2.45) is 11.3 Å². The molecule has 2 nitrogen and oxygen atoms in total. The lowest BCUT2D eigenvalue weighted by Gasteiger charge is -2.50. The fourth-order valence-corrected chi connectivity index (χ4v) is 3.71. The van der Waals surface area contributed by atoms with Gasteiger partial charge < -0.3 is 10.4 Å². The molecular formula is C12H23NOS. The van der Waals surface area contributed by atoms with Crippen molar-refractivity contribution in [3.05, 3.63) is 0 Å². The third kappa shape index (κ3) is 2.51. The van der Waals surface area contributed by atoms with E-state index in [0.717, 1.165) is 18.9 Å². The molecule has 3 heteroatoms. The Balaban J connectivity index is 1.70. The molecule has 0 spiro atoms. The second-order valence-corrected chi connectivity index (χ2v) is 6.81.